The topological polar surface area (TPSA) is 145 Å². The first-order valence-electron chi connectivity index (χ1n) is 10.9. The molecule has 2 aromatic rings. The van der Waals surface area contributed by atoms with Gasteiger partial charge in [0, 0.05) is 12.6 Å². The van der Waals surface area contributed by atoms with Crippen LogP contribution in [0.2, 0.25) is 0 Å². The Bertz CT molecular complexity index is 1420. The summed E-state index contributed by atoms with van der Waals surface area (Å²) in [6.45, 7) is 4.14. The molecule has 0 atom stereocenters. The molecule has 0 spiro atoms. The zero-order chi connectivity index (χ0) is 28.2. The van der Waals surface area contributed by atoms with E-state index in [0.29, 0.717) is 26.6 Å². The van der Waals surface area contributed by atoms with E-state index in [0.717, 1.165) is 4.90 Å². The Labute approximate surface area is 237 Å². The van der Waals surface area contributed by atoms with Crippen molar-refractivity contribution in [2.75, 3.05) is 19.0 Å². The molecular formula is C24H23IN2O9S2. The monoisotopic (exact) mass is 674 g/mol. The molecule has 202 valence electrons. The standard InChI is InChI=1S/C24H23IN2O9S2/c1-13(2)35-21(29)12-27-23(30)20(37-24(27)31)11-15-9-18(25)22(19(10-15)34-4)36-38(32,33)17-7-5-16(6-8-17)26-14(3)28/h5-11,13H,12H2,1-4H3,(H,26,28)/b20-11-. The third-order valence-corrected chi connectivity index (χ3v) is 7.68. The SMILES string of the molecule is COc1cc(/C=C2\SC(=O)N(CC(=O)OC(C)C)C2=O)cc(I)c1OS(=O)(=O)c1ccc(NC(C)=O)cc1. The fraction of sp³-hybridized carbons (Fsp3) is 0.250. The summed E-state index contributed by atoms with van der Waals surface area (Å²) in [5.41, 5.74) is 0.861. The summed E-state index contributed by atoms with van der Waals surface area (Å²) in [5.74, 6) is -1.65. The van der Waals surface area contributed by atoms with Gasteiger partial charge in [0.25, 0.3) is 11.1 Å². The van der Waals surface area contributed by atoms with Crippen LogP contribution >= 0.6 is 34.4 Å². The van der Waals surface area contributed by atoms with E-state index in [-0.39, 0.29) is 33.3 Å². The maximum absolute atomic E-state index is 12.9. The molecule has 11 nitrogen and oxygen atoms in total. The molecule has 1 heterocycles. The summed E-state index contributed by atoms with van der Waals surface area (Å²) in [7, 11) is -2.93. The van der Waals surface area contributed by atoms with Crippen molar-refractivity contribution in [3.63, 3.8) is 0 Å². The largest absolute Gasteiger partial charge is 0.493 e. The van der Waals surface area contributed by atoms with Gasteiger partial charge in [0.1, 0.15) is 11.4 Å². The number of thioether (sulfide) groups is 1. The van der Waals surface area contributed by atoms with Crippen LogP contribution in [0.25, 0.3) is 6.08 Å². The van der Waals surface area contributed by atoms with Crippen LogP contribution in [-0.2, 0) is 29.2 Å². The summed E-state index contributed by atoms with van der Waals surface area (Å²) >= 11 is 2.53. The first kappa shape index (κ1) is 29.4. The molecule has 0 unspecified atom stereocenters. The molecule has 2 aromatic carbocycles. The molecule has 3 amide bonds. The minimum absolute atomic E-state index is 0.0688. The molecular weight excluding hydrogens is 651 g/mol. The van der Waals surface area contributed by atoms with Crippen LogP contribution in [0.5, 0.6) is 11.5 Å². The maximum atomic E-state index is 12.9. The van der Waals surface area contributed by atoms with Crippen molar-refractivity contribution < 1.29 is 41.3 Å². The van der Waals surface area contributed by atoms with Gasteiger partial charge in [0.2, 0.25) is 5.91 Å². The van der Waals surface area contributed by atoms with E-state index in [4.69, 9.17) is 13.7 Å². The van der Waals surface area contributed by atoms with Gasteiger partial charge in [-0.3, -0.25) is 24.1 Å². The Balaban J connectivity index is 1.84. The second-order valence-corrected chi connectivity index (χ2v) is 11.8. The Morgan fingerprint density at radius 1 is 1.16 bits per heavy atom. The van der Waals surface area contributed by atoms with Crippen LogP contribution < -0.4 is 14.2 Å². The molecule has 1 aliphatic heterocycles. The van der Waals surface area contributed by atoms with E-state index in [2.05, 4.69) is 5.32 Å². The number of rotatable bonds is 9. The molecule has 0 aromatic heterocycles. The van der Waals surface area contributed by atoms with E-state index in [9.17, 15) is 27.6 Å². The van der Waals surface area contributed by atoms with Gasteiger partial charge in [-0.2, -0.15) is 8.42 Å². The smallest absolute Gasteiger partial charge is 0.339 e. The van der Waals surface area contributed by atoms with Crippen LogP contribution in [0, 0.1) is 3.57 Å². The number of hydrogen-bond donors (Lipinski definition) is 1. The van der Waals surface area contributed by atoms with Gasteiger partial charge in [-0.15, -0.1) is 0 Å². The average Bonchev–Trinajstić information content (AvgIpc) is 3.07. The van der Waals surface area contributed by atoms with Crippen LogP contribution in [0.3, 0.4) is 0 Å². The van der Waals surface area contributed by atoms with Crippen molar-refractivity contribution in [2.45, 2.75) is 31.8 Å². The number of nitrogens with zero attached hydrogens (tertiary/aromatic N) is 1. The highest BCUT2D eigenvalue weighted by molar-refractivity contribution is 14.1. The zero-order valence-corrected chi connectivity index (χ0v) is 24.4. The predicted octanol–water partition coefficient (Wildman–Crippen LogP) is 4.01. The van der Waals surface area contributed by atoms with Gasteiger partial charge in [0.15, 0.2) is 11.5 Å². The second-order valence-electron chi connectivity index (χ2n) is 8.08. The fourth-order valence-electron chi connectivity index (χ4n) is 3.19. The summed E-state index contributed by atoms with van der Waals surface area (Å²) in [6, 6.07) is 8.45. The summed E-state index contributed by atoms with van der Waals surface area (Å²) in [4.78, 5) is 48.8. The van der Waals surface area contributed by atoms with Crippen molar-refractivity contribution in [3.8, 4) is 11.5 Å². The zero-order valence-electron chi connectivity index (χ0n) is 20.6. The van der Waals surface area contributed by atoms with Crippen LogP contribution in [0.15, 0.2) is 46.2 Å². The number of esters is 1. The van der Waals surface area contributed by atoms with Gasteiger partial charge in [-0.05, 0) is 96.2 Å². The highest BCUT2D eigenvalue weighted by Crippen LogP contribution is 2.38. The van der Waals surface area contributed by atoms with Crippen molar-refractivity contribution in [2.24, 2.45) is 0 Å². The average molecular weight is 674 g/mol. The van der Waals surface area contributed by atoms with Crippen molar-refractivity contribution in [1.29, 1.82) is 0 Å². The normalized spacial score (nSPS) is 14.7. The molecule has 38 heavy (non-hydrogen) atoms. The lowest BCUT2D eigenvalue weighted by atomic mass is 10.2. The Morgan fingerprint density at radius 3 is 2.39 bits per heavy atom. The minimum Gasteiger partial charge on any atom is -0.493 e. The lowest BCUT2D eigenvalue weighted by Gasteiger charge is -2.14. The fourth-order valence-corrected chi connectivity index (χ4v) is 5.87. The number of methoxy groups -OCH3 is 1. The predicted molar refractivity (Wildman–Crippen MR) is 148 cm³/mol. The number of nitrogens with one attached hydrogen (secondary N) is 1. The highest BCUT2D eigenvalue weighted by atomic mass is 127. The Hall–Kier alpha value is -3.11. The number of benzene rings is 2. The highest BCUT2D eigenvalue weighted by Gasteiger charge is 2.37. The molecule has 14 heteroatoms. The third kappa shape index (κ3) is 7.26. The quantitative estimate of drug-likeness (QED) is 0.179. The van der Waals surface area contributed by atoms with E-state index in [1.807, 2.05) is 22.6 Å². The number of anilines is 1. The van der Waals surface area contributed by atoms with Gasteiger partial charge in [0.05, 0.1) is 21.7 Å². The molecule has 0 saturated carbocycles. The molecule has 1 N–H and O–H groups in total. The van der Waals surface area contributed by atoms with Crippen molar-refractivity contribution in [1.82, 2.24) is 4.90 Å². The molecule has 0 radical (unpaired) electrons. The molecule has 1 aliphatic rings. The Kier molecular flexibility index (Phi) is 9.43. The van der Waals surface area contributed by atoms with Gasteiger partial charge in [-0.25, -0.2) is 0 Å². The first-order chi connectivity index (χ1) is 17.8. The number of halogens is 1. The molecule has 1 fully saturated rings. The summed E-state index contributed by atoms with van der Waals surface area (Å²) < 4.78 is 41.8. The van der Waals surface area contributed by atoms with Crippen molar-refractivity contribution in [3.05, 3.63) is 50.4 Å². The number of carbonyl (C=O) groups is 4. The number of ether oxygens (including phenoxy) is 2. The van der Waals surface area contributed by atoms with E-state index in [1.165, 1.54) is 50.4 Å². The van der Waals surface area contributed by atoms with Crippen LogP contribution in [-0.4, -0.2) is 56.1 Å². The van der Waals surface area contributed by atoms with Crippen molar-refractivity contribution >= 4 is 79.3 Å². The number of hydrogen-bond acceptors (Lipinski definition) is 10. The van der Waals surface area contributed by atoms with E-state index >= 15 is 0 Å². The van der Waals surface area contributed by atoms with Gasteiger partial charge < -0.3 is 19.0 Å². The second kappa shape index (κ2) is 12.2. The number of carbonyl (C=O) groups excluding carboxylic acids is 4. The Morgan fingerprint density at radius 2 is 1.82 bits per heavy atom. The molecule has 0 bridgehead atoms. The minimum atomic E-state index is -4.26. The summed E-state index contributed by atoms with van der Waals surface area (Å²) in [5, 5.41) is 1.94. The first-order valence-corrected chi connectivity index (χ1v) is 14.3. The van der Waals surface area contributed by atoms with Gasteiger partial charge in [-0.1, -0.05) is 0 Å². The molecule has 3 rings (SSSR count). The lowest BCUT2D eigenvalue weighted by molar-refractivity contribution is -0.149. The number of amides is 3. The van der Waals surface area contributed by atoms with Crippen LogP contribution in [0.4, 0.5) is 10.5 Å². The van der Waals surface area contributed by atoms with E-state index < -0.39 is 33.8 Å². The molecule has 1 saturated heterocycles. The third-order valence-electron chi connectivity index (χ3n) is 4.73. The van der Waals surface area contributed by atoms with Crippen LogP contribution in [0.1, 0.15) is 26.3 Å². The lowest BCUT2D eigenvalue weighted by Crippen LogP contribution is -2.35. The summed E-state index contributed by atoms with van der Waals surface area (Å²) in [6.07, 6.45) is 1.04. The van der Waals surface area contributed by atoms with E-state index in [1.54, 1.807) is 19.9 Å². The maximum Gasteiger partial charge on any atom is 0.339 e. The number of imide groups is 1. The molecule has 0 aliphatic carbocycles. The van der Waals surface area contributed by atoms with Gasteiger partial charge >= 0.3 is 16.1 Å².